The van der Waals surface area contributed by atoms with Gasteiger partial charge in [0.05, 0.1) is 0 Å². The Morgan fingerprint density at radius 1 is 1.41 bits per heavy atom. The molecular weight excluding hydrogens is 292 g/mol. The Morgan fingerprint density at radius 3 is 2.95 bits per heavy atom. The monoisotopic (exact) mass is 318 g/mol. The minimum absolute atomic E-state index is 0.323. The third-order valence-corrected chi connectivity index (χ3v) is 6.07. The standard InChI is InChI=1S/C18H26N2OS/c1-13-5-3-4-6-17(13)15-9-14(2)20(11-15)18(21)10-16-12-22-8-7-19-16/h3-6,14-16,19H,7-12H2,1-2H3. The molecule has 22 heavy (non-hydrogen) atoms. The number of thioether (sulfide) groups is 1. The van der Waals surface area contributed by atoms with Gasteiger partial charge in [0.1, 0.15) is 0 Å². The number of nitrogens with one attached hydrogen (secondary N) is 1. The second-order valence-corrected chi connectivity index (χ2v) is 7.76. The van der Waals surface area contributed by atoms with Crippen LogP contribution in [0.3, 0.4) is 0 Å². The fraction of sp³-hybridized carbons (Fsp3) is 0.611. The van der Waals surface area contributed by atoms with Crippen LogP contribution in [0, 0.1) is 6.92 Å². The summed E-state index contributed by atoms with van der Waals surface area (Å²) in [5, 5.41) is 3.47. The number of amides is 1. The number of carbonyl (C=O) groups is 1. The number of hydrogen-bond acceptors (Lipinski definition) is 3. The zero-order valence-corrected chi connectivity index (χ0v) is 14.4. The minimum atomic E-state index is 0.323. The Morgan fingerprint density at radius 2 is 2.23 bits per heavy atom. The second-order valence-electron chi connectivity index (χ2n) is 6.61. The van der Waals surface area contributed by atoms with E-state index in [0.29, 0.717) is 30.3 Å². The highest BCUT2D eigenvalue weighted by Gasteiger charge is 2.34. The third-order valence-electron chi connectivity index (χ3n) is 4.94. The van der Waals surface area contributed by atoms with Crippen molar-refractivity contribution in [3.05, 3.63) is 35.4 Å². The Balaban J connectivity index is 1.63. The molecular formula is C18H26N2OS. The summed E-state index contributed by atoms with van der Waals surface area (Å²) in [4.78, 5) is 14.8. The fourth-order valence-corrected chi connectivity index (χ4v) is 4.68. The van der Waals surface area contributed by atoms with Gasteiger partial charge in [-0.15, -0.1) is 0 Å². The first-order valence-electron chi connectivity index (χ1n) is 8.31. The van der Waals surface area contributed by atoms with E-state index in [2.05, 4.69) is 48.3 Å². The molecule has 2 aliphatic rings. The van der Waals surface area contributed by atoms with E-state index in [9.17, 15) is 4.79 Å². The topological polar surface area (TPSA) is 32.3 Å². The lowest BCUT2D eigenvalue weighted by molar-refractivity contribution is -0.132. The van der Waals surface area contributed by atoms with Gasteiger partial charge in [0, 0.05) is 49.0 Å². The molecule has 4 heteroatoms. The van der Waals surface area contributed by atoms with Crippen LogP contribution in [0.1, 0.15) is 36.8 Å². The van der Waals surface area contributed by atoms with Crippen LogP contribution in [0.4, 0.5) is 0 Å². The van der Waals surface area contributed by atoms with E-state index in [0.717, 1.165) is 25.3 Å². The zero-order chi connectivity index (χ0) is 15.5. The first-order chi connectivity index (χ1) is 10.6. The molecule has 0 bridgehead atoms. The molecule has 0 radical (unpaired) electrons. The van der Waals surface area contributed by atoms with Crippen molar-refractivity contribution in [2.75, 3.05) is 24.6 Å². The van der Waals surface area contributed by atoms with E-state index in [1.807, 2.05) is 11.8 Å². The summed E-state index contributed by atoms with van der Waals surface area (Å²) < 4.78 is 0. The lowest BCUT2D eigenvalue weighted by Crippen LogP contribution is -2.43. The average Bonchev–Trinajstić information content (AvgIpc) is 2.90. The summed E-state index contributed by atoms with van der Waals surface area (Å²) in [6.07, 6.45) is 1.74. The summed E-state index contributed by atoms with van der Waals surface area (Å²) in [6.45, 7) is 6.28. The van der Waals surface area contributed by atoms with Crippen LogP contribution in [0.15, 0.2) is 24.3 Å². The van der Waals surface area contributed by atoms with Crippen molar-refractivity contribution in [2.24, 2.45) is 0 Å². The van der Waals surface area contributed by atoms with Gasteiger partial charge in [-0.25, -0.2) is 0 Å². The lowest BCUT2D eigenvalue weighted by Gasteiger charge is -2.27. The number of benzene rings is 1. The van der Waals surface area contributed by atoms with Gasteiger partial charge in [-0.3, -0.25) is 4.79 Å². The molecule has 2 heterocycles. The highest BCUT2D eigenvalue weighted by Crippen LogP contribution is 2.33. The quantitative estimate of drug-likeness (QED) is 0.930. The highest BCUT2D eigenvalue weighted by atomic mass is 32.2. The van der Waals surface area contributed by atoms with Crippen molar-refractivity contribution < 1.29 is 4.79 Å². The number of carbonyl (C=O) groups excluding carboxylic acids is 1. The normalized spacial score (nSPS) is 28.8. The van der Waals surface area contributed by atoms with E-state index in [4.69, 9.17) is 0 Å². The summed E-state index contributed by atoms with van der Waals surface area (Å²) in [7, 11) is 0. The molecule has 0 aromatic heterocycles. The van der Waals surface area contributed by atoms with Gasteiger partial charge in [-0.1, -0.05) is 24.3 Å². The molecule has 1 amide bonds. The summed E-state index contributed by atoms with van der Waals surface area (Å²) >= 11 is 1.95. The first kappa shape index (κ1) is 15.9. The van der Waals surface area contributed by atoms with Gasteiger partial charge in [-0.2, -0.15) is 11.8 Å². The van der Waals surface area contributed by atoms with Crippen molar-refractivity contribution in [3.63, 3.8) is 0 Å². The lowest BCUT2D eigenvalue weighted by atomic mass is 9.93. The molecule has 1 aromatic rings. The summed E-state index contributed by atoms with van der Waals surface area (Å²) in [5.41, 5.74) is 2.76. The van der Waals surface area contributed by atoms with Crippen LogP contribution in [0.5, 0.6) is 0 Å². The van der Waals surface area contributed by atoms with Crippen molar-refractivity contribution >= 4 is 17.7 Å². The number of aryl methyl sites for hydroxylation is 1. The maximum atomic E-state index is 12.7. The molecule has 0 saturated carbocycles. The van der Waals surface area contributed by atoms with Crippen molar-refractivity contribution in [3.8, 4) is 0 Å². The SMILES string of the molecule is Cc1ccccc1C1CC(C)N(C(=O)CC2CSCCN2)C1. The van der Waals surface area contributed by atoms with E-state index in [1.54, 1.807) is 0 Å². The molecule has 3 nitrogen and oxygen atoms in total. The molecule has 3 rings (SSSR count). The number of likely N-dealkylation sites (tertiary alicyclic amines) is 1. The van der Waals surface area contributed by atoms with Gasteiger partial charge < -0.3 is 10.2 Å². The van der Waals surface area contributed by atoms with Crippen molar-refractivity contribution in [1.82, 2.24) is 10.2 Å². The predicted octanol–water partition coefficient (Wildman–Crippen LogP) is 2.79. The molecule has 1 N–H and O–H groups in total. The van der Waals surface area contributed by atoms with Gasteiger partial charge in [-0.05, 0) is 31.4 Å². The molecule has 2 aliphatic heterocycles. The van der Waals surface area contributed by atoms with Gasteiger partial charge >= 0.3 is 0 Å². The third kappa shape index (κ3) is 3.49. The summed E-state index contributed by atoms with van der Waals surface area (Å²) in [5.74, 6) is 3.05. The van der Waals surface area contributed by atoms with E-state index < -0.39 is 0 Å². The molecule has 2 fully saturated rings. The minimum Gasteiger partial charge on any atom is -0.339 e. The van der Waals surface area contributed by atoms with Crippen LogP contribution in [-0.2, 0) is 4.79 Å². The second kappa shape index (κ2) is 7.05. The zero-order valence-electron chi connectivity index (χ0n) is 13.5. The number of rotatable bonds is 3. The van der Waals surface area contributed by atoms with Crippen molar-refractivity contribution in [1.29, 1.82) is 0 Å². The largest absolute Gasteiger partial charge is 0.339 e. The molecule has 0 aliphatic carbocycles. The van der Waals surface area contributed by atoms with Gasteiger partial charge in [0.15, 0.2) is 0 Å². The fourth-order valence-electron chi connectivity index (χ4n) is 3.73. The molecule has 1 aromatic carbocycles. The maximum Gasteiger partial charge on any atom is 0.224 e. The van der Waals surface area contributed by atoms with Crippen LogP contribution >= 0.6 is 11.8 Å². The Hall–Kier alpha value is -1.000. The molecule has 3 atom stereocenters. The Kier molecular flexibility index (Phi) is 5.09. The van der Waals surface area contributed by atoms with Gasteiger partial charge in [0.2, 0.25) is 5.91 Å². The Bertz CT molecular complexity index is 528. The Labute approximate surface area is 137 Å². The molecule has 2 saturated heterocycles. The van der Waals surface area contributed by atoms with Crippen LogP contribution < -0.4 is 5.32 Å². The highest BCUT2D eigenvalue weighted by molar-refractivity contribution is 7.99. The van der Waals surface area contributed by atoms with Crippen LogP contribution in [-0.4, -0.2) is 47.5 Å². The number of hydrogen-bond donors (Lipinski definition) is 1. The molecule has 3 unspecified atom stereocenters. The van der Waals surface area contributed by atoms with E-state index in [-0.39, 0.29) is 0 Å². The van der Waals surface area contributed by atoms with E-state index in [1.165, 1.54) is 16.9 Å². The molecule has 0 spiro atoms. The van der Waals surface area contributed by atoms with E-state index >= 15 is 0 Å². The molecule has 120 valence electrons. The van der Waals surface area contributed by atoms with Crippen LogP contribution in [0.25, 0.3) is 0 Å². The van der Waals surface area contributed by atoms with Crippen molar-refractivity contribution in [2.45, 2.75) is 44.7 Å². The average molecular weight is 318 g/mol. The van der Waals surface area contributed by atoms with Gasteiger partial charge in [0.25, 0.3) is 0 Å². The first-order valence-corrected chi connectivity index (χ1v) is 9.46. The predicted molar refractivity (Wildman–Crippen MR) is 93.4 cm³/mol. The smallest absolute Gasteiger partial charge is 0.224 e. The summed E-state index contributed by atoms with van der Waals surface area (Å²) in [6, 6.07) is 9.31. The van der Waals surface area contributed by atoms with Crippen LogP contribution in [0.2, 0.25) is 0 Å². The maximum absolute atomic E-state index is 12.7. The number of nitrogens with zero attached hydrogens (tertiary/aromatic N) is 1.